The highest BCUT2D eigenvalue weighted by Crippen LogP contribution is 2.27. The molecule has 1 aliphatic heterocycles. The zero-order valence-corrected chi connectivity index (χ0v) is 13.0. The van der Waals surface area contributed by atoms with Crippen LogP contribution in [-0.4, -0.2) is 46.6 Å². The van der Waals surface area contributed by atoms with E-state index in [0.717, 1.165) is 6.04 Å². The zero-order chi connectivity index (χ0) is 13.3. The number of nitrogens with zero attached hydrogens (tertiary/aromatic N) is 2. The average molecular weight is 240 g/mol. The highest BCUT2D eigenvalue weighted by Gasteiger charge is 2.33. The molecule has 0 spiro atoms. The van der Waals surface area contributed by atoms with Gasteiger partial charge in [-0.1, -0.05) is 6.92 Å². The van der Waals surface area contributed by atoms with Gasteiger partial charge in [-0.2, -0.15) is 0 Å². The summed E-state index contributed by atoms with van der Waals surface area (Å²) in [6.45, 7) is 20.0. The Bertz CT molecular complexity index is 226. The highest BCUT2D eigenvalue weighted by atomic mass is 15.3. The van der Waals surface area contributed by atoms with E-state index < -0.39 is 0 Å². The maximum Gasteiger partial charge on any atom is 0.0127 e. The third kappa shape index (κ3) is 3.96. The minimum absolute atomic E-state index is 0.309. The Morgan fingerprint density at radius 3 is 1.76 bits per heavy atom. The molecule has 102 valence electrons. The van der Waals surface area contributed by atoms with Gasteiger partial charge in [0.2, 0.25) is 0 Å². The van der Waals surface area contributed by atoms with Gasteiger partial charge < -0.3 is 0 Å². The predicted octanol–water partition coefficient (Wildman–Crippen LogP) is 3.37. The summed E-state index contributed by atoms with van der Waals surface area (Å²) in [6.07, 6.45) is 2.64. The first-order valence-corrected chi connectivity index (χ1v) is 7.18. The van der Waals surface area contributed by atoms with Crippen LogP contribution in [-0.2, 0) is 0 Å². The van der Waals surface area contributed by atoms with E-state index in [-0.39, 0.29) is 0 Å². The number of rotatable bonds is 2. The third-order valence-corrected chi connectivity index (χ3v) is 4.06. The normalized spacial score (nSPS) is 21.2. The van der Waals surface area contributed by atoms with E-state index in [0.29, 0.717) is 11.1 Å². The fourth-order valence-corrected chi connectivity index (χ4v) is 3.13. The Kier molecular flexibility index (Phi) is 4.65. The van der Waals surface area contributed by atoms with E-state index in [1.54, 1.807) is 0 Å². The van der Waals surface area contributed by atoms with Crippen molar-refractivity contribution in [2.45, 2.75) is 78.4 Å². The predicted molar refractivity (Wildman–Crippen MR) is 76.5 cm³/mol. The summed E-state index contributed by atoms with van der Waals surface area (Å²) in [5, 5.41) is 0. The first-order chi connectivity index (χ1) is 7.66. The van der Waals surface area contributed by atoms with Gasteiger partial charge in [0.25, 0.3) is 0 Å². The standard InChI is InChI=1S/C15H32N2/c1-8-17(15(5,6)7)13-9-11-16(12-10-13)14(2,3)4/h13H,8-12H2,1-7H3. The van der Waals surface area contributed by atoms with Crippen molar-refractivity contribution in [3.63, 3.8) is 0 Å². The van der Waals surface area contributed by atoms with Gasteiger partial charge in [0, 0.05) is 30.2 Å². The second kappa shape index (κ2) is 5.27. The van der Waals surface area contributed by atoms with Gasteiger partial charge in [0.15, 0.2) is 0 Å². The lowest BCUT2D eigenvalue weighted by molar-refractivity contribution is 0.0194. The van der Waals surface area contributed by atoms with E-state index in [2.05, 4.69) is 58.3 Å². The van der Waals surface area contributed by atoms with Crippen molar-refractivity contribution in [3.05, 3.63) is 0 Å². The Balaban J connectivity index is 2.57. The van der Waals surface area contributed by atoms with E-state index >= 15 is 0 Å². The SMILES string of the molecule is CCN(C1CCN(C(C)(C)C)CC1)C(C)(C)C. The maximum atomic E-state index is 2.67. The lowest BCUT2D eigenvalue weighted by Crippen LogP contribution is -2.55. The smallest absolute Gasteiger partial charge is 0.0127 e. The molecule has 1 rings (SSSR count). The summed E-state index contributed by atoms with van der Waals surface area (Å²) in [6, 6.07) is 0.776. The molecule has 0 aromatic rings. The molecule has 0 N–H and O–H groups in total. The van der Waals surface area contributed by atoms with Crippen LogP contribution in [0.15, 0.2) is 0 Å². The van der Waals surface area contributed by atoms with Crippen molar-refractivity contribution in [3.8, 4) is 0 Å². The molecular weight excluding hydrogens is 208 g/mol. The van der Waals surface area contributed by atoms with Crippen LogP contribution in [0.5, 0.6) is 0 Å². The molecule has 17 heavy (non-hydrogen) atoms. The minimum atomic E-state index is 0.309. The molecular formula is C15H32N2. The van der Waals surface area contributed by atoms with Crippen molar-refractivity contribution in [2.24, 2.45) is 0 Å². The van der Waals surface area contributed by atoms with Crippen LogP contribution in [0, 0.1) is 0 Å². The molecule has 1 aliphatic rings. The Morgan fingerprint density at radius 1 is 1.00 bits per heavy atom. The van der Waals surface area contributed by atoms with Crippen LogP contribution >= 0.6 is 0 Å². The van der Waals surface area contributed by atoms with Gasteiger partial charge in [0.05, 0.1) is 0 Å². The molecule has 0 amide bonds. The van der Waals surface area contributed by atoms with E-state index in [1.807, 2.05) is 0 Å². The number of piperidine rings is 1. The molecule has 0 radical (unpaired) electrons. The summed E-state index contributed by atoms with van der Waals surface area (Å²) >= 11 is 0. The molecule has 2 heteroatoms. The summed E-state index contributed by atoms with van der Waals surface area (Å²) in [5.74, 6) is 0. The molecule has 1 heterocycles. The van der Waals surface area contributed by atoms with Gasteiger partial charge in [-0.25, -0.2) is 0 Å². The molecule has 0 atom stereocenters. The first-order valence-electron chi connectivity index (χ1n) is 7.18. The molecule has 1 saturated heterocycles. The Morgan fingerprint density at radius 2 is 1.47 bits per heavy atom. The molecule has 0 saturated carbocycles. The van der Waals surface area contributed by atoms with Gasteiger partial charge in [-0.05, 0) is 60.9 Å². The third-order valence-electron chi connectivity index (χ3n) is 4.06. The van der Waals surface area contributed by atoms with Crippen LogP contribution in [0.3, 0.4) is 0 Å². The number of likely N-dealkylation sites (tertiary alicyclic amines) is 1. The summed E-state index contributed by atoms with van der Waals surface area (Å²) < 4.78 is 0. The number of hydrogen-bond donors (Lipinski definition) is 0. The molecule has 0 aromatic heterocycles. The number of hydrogen-bond acceptors (Lipinski definition) is 2. The maximum absolute atomic E-state index is 2.67. The lowest BCUT2D eigenvalue weighted by atomic mass is 9.93. The largest absolute Gasteiger partial charge is 0.298 e. The minimum Gasteiger partial charge on any atom is -0.298 e. The van der Waals surface area contributed by atoms with Crippen molar-refractivity contribution >= 4 is 0 Å². The molecule has 2 nitrogen and oxygen atoms in total. The van der Waals surface area contributed by atoms with Crippen molar-refractivity contribution in [1.82, 2.24) is 9.80 Å². The first kappa shape index (κ1) is 15.0. The Labute approximate surface area is 108 Å². The van der Waals surface area contributed by atoms with Crippen LogP contribution in [0.25, 0.3) is 0 Å². The van der Waals surface area contributed by atoms with E-state index in [1.165, 1.54) is 32.5 Å². The Hall–Kier alpha value is -0.0800. The highest BCUT2D eigenvalue weighted by molar-refractivity contribution is 4.89. The average Bonchev–Trinajstić information content (AvgIpc) is 2.16. The van der Waals surface area contributed by atoms with Crippen molar-refractivity contribution in [2.75, 3.05) is 19.6 Å². The van der Waals surface area contributed by atoms with Gasteiger partial charge in [-0.15, -0.1) is 0 Å². The van der Waals surface area contributed by atoms with Crippen LogP contribution in [0.4, 0.5) is 0 Å². The van der Waals surface area contributed by atoms with Crippen LogP contribution in [0.1, 0.15) is 61.3 Å². The lowest BCUT2D eigenvalue weighted by Gasteiger charge is -2.47. The van der Waals surface area contributed by atoms with E-state index in [9.17, 15) is 0 Å². The summed E-state index contributed by atoms with van der Waals surface area (Å²) in [7, 11) is 0. The second-order valence-corrected chi connectivity index (χ2v) is 7.35. The van der Waals surface area contributed by atoms with Gasteiger partial charge in [-0.3, -0.25) is 9.80 Å². The quantitative estimate of drug-likeness (QED) is 0.730. The second-order valence-electron chi connectivity index (χ2n) is 7.35. The molecule has 1 fully saturated rings. The fourth-order valence-electron chi connectivity index (χ4n) is 3.13. The fraction of sp³-hybridized carbons (Fsp3) is 1.00. The van der Waals surface area contributed by atoms with Crippen LogP contribution in [0.2, 0.25) is 0 Å². The molecule has 0 aromatic carbocycles. The topological polar surface area (TPSA) is 6.48 Å². The van der Waals surface area contributed by atoms with Crippen molar-refractivity contribution < 1.29 is 0 Å². The monoisotopic (exact) mass is 240 g/mol. The molecule has 0 bridgehead atoms. The molecule has 0 unspecified atom stereocenters. The zero-order valence-electron chi connectivity index (χ0n) is 13.0. The van der Waals surface area contributed by atoms with Crippen LogP contribution < -0.4 is 0 Å². The van der Waals surface area contributed by atoms with Gasteiger partial charge >= 0.3 is 0 Å². The van der Waals surface area contributed by atoms with E-state index in [4.69, 9.17) is 0 Å². The van der Waals surface area contributed by atoms with Crippen molar-refractivity contribution in [1.29, 1.82) is 0 Å². The summed E-state index contributed by atoms with van der Waals surface area (Å²) in [5.41, 5.74) is 0.646. The summed E-state index contributed by atoms with van der Waals surface area (Å²) in [4.78, 5) is 5.30. The molecule has 0 aliphatic carbocycles. The van der Waals surface area contributed by atoms with Gasteiger partial charge in [0.1, 0.15) is 0 Å².